The van der Waals surface area contributed by atoms with Gasteiger partial charge in [0.1, 0.15) is 6.10 Å². The summed E-state index contributed by atoms with van der Waals surface area (Å²) < 4.78 is 12.5. The minimum Gasteiger partial charge on any atom is -0.383 e. The van der Waals surface area contributed by atoms with E-state index >= 15 is 0 Å². The Morgan fingerprint density at radius 2 is 2.43 bits per heavy atom. The van der Waals surface area contributed by atoms with E-state index in [9.17, 15) is 4.79 Å². The number of thiophene rings is 1. The Labute approximate surface area is 138 Å². The van der Waals surface area contributed by atoms with E-state index in [2.05, 4.69) is 15.5 Å². The predicted molar refractivity (Wildman–Crippen MR) is 83.3 cm³/mol. The van der Waals surface area contributed by atoms with Crippen molar-refractivity contribution < 1.29 is 14.3 Å². The van der Waals surface area contributed by atoms with Crippen LogP contribution in [0.25, 0.3) is 0 Å². The molecule has 23 heavy (non-hydrogen) atoms. The van der Waals surface area contributed by atoms with Gasteiger partial charge in [0.05, 0.1) is 31.2 Å². The lowest BCUT2D eigenvalue weighted by Gasteiger charge is -2.32. The molecule has 1 saturated heterocycles. The summed E-state index contributed by atoms with van der Waals surface area (Å²) >= 11 is 1.47. The number of aryl methyl sites for hydroxylation is 1. The first-order chi connectivity index (χ1) is 11.2. The second-order valence-corrected chi connectivity index (χ2v) is 6.21. The molecule has 0 bridgehead atoms. The molecular weight excluding hydrogens is 318 g/mol. The first kappa shape index (κ1) is 16.0. The van der Waals surface area contributed by atoms with E-state index in [0.717, 1.165) is 10.4 Å². The molecule has 9 heteroatoms. The maximum atomic E-state index is 12.7. The summed E-state index contributed by atoms with van der Waals surface area (Å²) in [4.78, 5) is 15.2. The van der Waals surface area contributed by atoms with Crippen LogP contribution in [-0.2, 0) is 16.0 Å². The summed E-state index contributed by atoms with van der Waals surface area (Å²) in [5, 5.41) is 13.7. The van der Waals surface area contributed by atoms with Crippen LogP contribution in [0, 0.1) is 6.92 Å². The average molecular weight is 337 g/mol. The third kappa shape index (κ3) is 3.41. The molecule has 1 fully saturated rings. The van der Waals surface area contributed by atoms with Gasteiger partial charge in [-0.3, -0.25) is 4.79 Å². The Hall–Kier alpha value is -1.84. The third-order valence-electron chi connectivity index (χ3n) is 3.76. The first-order valence-corrected chi connectivity index (χ1v) is 8.28. The van der Waals surface area contributed by atoms with Crippen LogP contribution >= 0.6 is 11.3 Å². The fourth-order valence-corrected chi connectivity index (χ4v) is 3.40. The topological polar surface area (TPSA) is 82.4 Å². The Bertz CT molecular complexity index is 671. The normalized spacial score (nSPS) is 18.3. The lowest BCUT2D eigenvalue weighted by Crippen LogP contribution is -2.43. The Morgan fingerprint density at radius 1 is 1.57 bits per heavy atom. The zero-order valence-corrected chi connectivity index (χ0v) is 14.0. The highest BCUT2D eigenvalue weighted by molar-refractivity contribution is 7.12. The summed E-state index contributed by atoms with van der Waals surface area (Å²) in [6.45, 7) is 4.51. The van der Waals surface area contributed by atoms with Crippen molar-refractivity contribution in [3.05, 3.63) is 27.7 Å². The lowest BCUT2D eigenvalue weighted by molar-refractivity contribution is -0.0290. The molecule has 124 valence electrons. The molecule has 8 nitrogen and oxygen atoms in total. The van der Waals surface area contributed by atoms with Crippen molar-refractivity contribution in [2.24, 2.45) is 0 Å². The van der Waals surface area contributed by atoms with Gasteiger partial charge >= 0.3 is 0 Å². The monoisotopic (exact) mass is 337 g/mol. The van der Waals surface area contributed by atoms with E-state index in [1.165, 1.54) is 11.3 Å². The van der Waals surface area contributed by atoms with Gasteiger partial charge in [0.2, 0.25) is 0 Å². The van der Waals surface area contributed by atoms with Crippen LogP contribution < -0.4 is 0 Å². The fourth-order valence-electron chi connectivity index (χ4n) is 2.50. The highest BCUT2D eigenvalue weighted by Gasteiger charge is 2.30. The molecule has 0 aromatic carbocycles. The number of tetrazole rings is 1. The number of carbonyl (C=O) groups is 1. The molecule has 1 amide bonds. The molecule has 1 aliphatic heterocycles. The summed E-state index contributed by atoms with van der Waals surface area (Å²) in [7, 11) is 1.63. The van der Waals surface area contributed by atoms with Crippen molar-refractivity contribution in [1.82, 2.24) is 25.1 Å². The molecular formula is C14H19N5O3S. The number of hydrogen-bond donors (Lipinski definition) is 0. The molecule has 0 spiro atoms. The number of aromatic nitrogens is 4. The highest BCUT2D eigenvalue weighted by Crippen LogP contribution is 2.24. The second-order valence-electron chi connectivity index (χ2n) is 5.30. The van der Waals surface area contributed by atoms with Gasteiger partial charge in [-0.05, 0) is 34.4 Å². The van der Waals surface area contributed by atoms with Crippen molar-refractivity contribution in [3.63, 3.8) is 0 Å². The molecule has 0 saturated carbocycles. The number of nitrogens with zero attached hydrogens (tertiary/aromatic N) is 5. The van der Waals surface area contributed by atoms with Gasteiger partial charge in [-0.1, -0.05) is 0 Å². The summed E-state index contributed by atoms with van der Waals surface area (Å²) in [5.74, 6) is 0.671. The van der Waals surface area contributed by atoms with Crippen molar-refractivity contribution in [2.45, 2.75) is 19.6 Å². The highest BCUT2D eigenvalue weighted by atomic mass is 32.1. The molecule has 1 unspecified atom stereocenters. The van der Waals surface area contributed by atoms with Crippen LogP contribution in [0.4, 0.5) is 0 Å². The van der Waals surface area contributed by atoms with Crippen molar-refractivity contribution in [1.29, 1.82) is 0 Å². The largest absolute Gasteiger partial charge is 0.383 e. The number of amides is 1. The van der Waals surface area contributed by atoms with Gasteiger partial charge < -0.3 is 14.4 Å². The van der Waals surface area contributed by atoms with E-state index in [1.807, 2.05) is 23.3 Å². The lowest BCUT2D eigenvalue weighted by atomic mass is 10.2. The minimum atomic E-state index is -0.320. The predicted octanol–water partition coefficient (Wildman–Crippen LogP) is 0.903. The van der Waals surface area contributed by atoms with E-state index in [1.54, 1.807) is 11.8 Å². The quantitative estimate of drug-likeness (QED) is 0.806. The van der Waals surface area contributed by atoms with Gasteiger partial charge in [0, 0.05) is 13.7 Å². The van der Waals surface area contributed by atoms with Crippen LogP contribution in [0.15, 0.2) is 11.4 Å². The maximum absolute atomic E-state index is 12.7. The van der Waals surface area contributed by atoms with Crippen LogP contribution in [-0.4, -0.2) is 64.4 Å². The Kier molecular flexibility index (Phi) is 4.99. The molecule has 3 heterocycles. The molecule has 0 N–H and O–H groups in total. The van der Waals surface area contributed by atoms with E-state index in [-0.39, 0.29) is 12.0 Å². The number of carbonyl (C=O) groups excluding carboxylic acids is 1. The minimum absolute atomic E-state index is 0.0433. The molecule has 1 aliphatic rings. The molecule has 2 aromatic rings. The molecule has 1 atom stereocenters. The molecule has 2 aromatic heterocycles. The smallest absolute Gasteiger partial charge is 0.264 e. The standard InChI is InChI=1S/C14H19N5O3S/c1-10-3-8-23-12(10)14(20)18-4-7-22-11(9-18)13-15-16-17-19(13)5-6-21-2/h3,8,11H,4-7,9H2,1-2H3. The number of methoxy groups -OCH3 is 1. The number of ether oxygens (including phenoxy) is 2. The fraction of sp³-hybridized carbons (Fsp3) is 0.571. The summed E-state index contributed by atoms with van der Waals surface area (Å²) in [6.07, 6.45) is -0.320. The first-order valence-electron chi connectivity index (χ1n) is 7.40. The number of rotatable bonds is 5. The third-order valence-corrected chi connectivity index (χ3v) is 4.77. The van der Waals surface area contributed by atoms with Gasteiger partial charge in [-0.2, -0.15) is 0 Å². The van der Waals surface area contributed by atoms with E-state index in [0.29, 0.717) is 38.7 Å². The second kappa shape index (κ2) is 7.16. The summed E-state index contributed by atoms with van der Waals surface area (Å²) in [6, 6.07) is 1.96. The van der Waals surface area contributed by atoms with Crippen molar-refractivity contribution in [2.75, 3.05) is 33.4 Å². The molecule has 0 aliphatic carbocycles. The zero-order valence-electron chi connectivity index (χ0n) is 13.1. The number of hydrogen-bond acceptors (Lipinski definition) is 7. The van der Waals surface area contributed by atoms with Crippen molar-refractivity contribution >= 4 is 17.2 Å². The van der Waals surface area contributed by atoms with Crippen LogP contribution in [0.2, 0.25) is 0 Å². The SMILES string of the molecule is COCCn1nnnc1C1CN(C(=O)c2sccc2C)CCO1. The average Bonchev–Trinajstić information content (AvgIpc) is 3.21. The molecule has 3 rings (SSSR count). The van der Waals surface area contributed by atoms with E-state index < -0.39 is 0 Å². The van der Waals surface area contributed by atoms with Gasteiger partial charge in [-0.15, -0.1) is 16.4 Å². The van der Waals surface area contributed by atoms with Crippen LogP contribution in [0.1, 0.15) is 27.2 Å². The van der Waals surface area contributed by atoms with Crippen LogP contribution in [0.3, 0.4) is 0 Å². The van der Waals surface area contributed by atoms with Gasteiger partial charge in [-0.25, -0.2) is 4.68 Å². The van der Waals surface area contributed by atoms with E-state index in [4.69, 9.17) is 9.47 Å². The van der Waals surface area contributed by atoms with Gasteiger partial charge in [0.15, 0.2) is 5.82 Å². The Morgan fingerprint density at radius 3 is 3.17 bits per heavy atom. The maximum Gasteiger partial charge on any atom is 0.264 e. The summed E-state index contributed by atoms with van der Waals surface area (Å²) in [5.41, 5.74) is 1.01. The zero-order chi connectivity index (χ0) is 16.2. The molecule has 0 radical (unpaired) electrons. The van der Waals surface area contributed by atoms with Crippen molar-refractivity contribution in [3.8, 4) is 0 Å². The van der Waals surface area contributed by atoms with Gasteiger partial charge in [0.25, 0.3) is 5.91 Å². The Balaban J connectivity index is 1.72. The van der Waals surface area contributed by atoms with Crippen LogP contribution in [0.5, 0.6) is 0 Å². The number of morpholine rings is 1.